The standard InChI is InChI=1S/C34H34FN3O6S/c1-34(19-31(39)38-33-36-13-15-45-33)27-18-30(29(16-23(27)11-12-37-34)43-20-25-4-2-3-14-42-25)44-24-9-10-26(28(35)17-24)21-5-7-22(8-6-21)32(40)41/h5-10,13,15-18,25,37H,2-4,11-12,14,19-20H2,1H3,(H,40,41)(H,36,38,39)/t25?,34-/m1/s1. The first-order chi connectivity index (χ1) is 21.8. The fourth-order valence-corrected chi connectivity index (χ4v) is 6.39. The molecule has 2 aliphatic rings. The van der Waals surface area contributed by atoms with E-state index >= 15 is 4.39 Å². The summed E-state index contributed by atoms with van der Waals surface area (Å²) < 4.78 is 33.8. The van der Waals surface area contributed by atoms with Crippen molar-refractivity contribution in [3.05, 3.63) is 88.7 Å². The third-order valence-corrected chi connectivity index (χ3v) is 8.86. The number of benzene rings is 3. The highest BCUT2D eigenvalue weighted by Gasteiger charge is 2.35. The average Bonchev–Trinajstić information content (AvgIpc) is 3.54. The zero-order chi connectivity index (χ0) is 31.4. The number of hydrogen-bond donors (Lipinski definition) is 3. The van der Waals surface area contributed by atoms with Crippen LogP contribution in [0.4, 0.5) is 9.52 Å². The minimum Gasteiger partial charge on any atom is -0.487 e. The molecular formula is C34H34FN3O6S. The summed E-state index contributed by atoms with van der Waals surface area (Å²) in [5.74, 6) is -0.540. The van der Waals surface area contributed by atoms with Crippen LogP contribution in [0.15, 0.2) is 66.2 Å². The number of carbonyl (C=O) groups is 2. The van der Waals surface area contributed by atoms with E-state index in [0.717, 1.165) is 36.8 Å². The van der Waals surface area contributed by atoms with Crippen LogP contribution in [0.5, 0.6) is 17.2 Å². The molecular weight excluding hydrogens is 597 g/mol. The molecule has 1 amide bonds. The molecule has 1 fully saturated rings. The molecule has 1 aromatic heterocycles. The zero-order valence-corrected chi connectivity index (χ0v) is 25.6. The summed E-state index contributed by atoms with van der Waals surface area (Å²) in [5, 5.41) is 17.9. The van der Waals surface area contributed by atoms with Gasteiger partial charge in [-0.25, -0.2) is 14.2 Å². The van der Waals surface area contributed by atoms with Gasteiger partial charge < -0.3 is 30.0 Å². The van der Waals surface area contributed by atoms with Crippen molar-refractivity contribution in [2.75, 3.05) is 25.1 Å². The molecule has 6 rings (SSSR count). The molecule has 0 radical (unpaired) electrons. The van der Waals surface area contributed by atoms with E-state index in [1.54, 1.807) is 35.8 Å². The lowest BCUT2D eigenvalue weighted by atomic mass is 9.81. The minimum atomic E-state index is -1.05. The molecule has 1 unspecified atom stereocenters. The summed E-state index contributed by atoms with van der Waals surface area (Å²) in [4.78, 5) is 28.4. The summed E-state index contributed by atoms with van der Waals surface area (Å²) in [6, 6.07) is 14.4. The van der Waals surface area contributed by atoms with Gasteiger partial charge in [-0.2, -0.15) is 0 Å². The smallest absolute Gasteiger partial charge is 0.335 e. The van der Waals surface area contributed by atoms with E-state index in [4.69, 9.17) is 14.2 Å². The number of rotatable bonds is 10. The number of fused-ring (bicyclic) bond motifs is 1. The highest BCUT2D eigenvalue weighted by molar-refractivity contribution is 7.13. The predicted octanol–water partition coefficient (Wildman–Crippen LogP) is 6.78. The van der Waals surface area contributed by atoms with E-state index < -0.39 is 17.3 Å². The SMILES string of the molecule is C[C@]1(CC(=O)Nc2nccs2)NCCc2cc(OCC3CCCCO3)c(Oc3ccc(-c4ccc(C(=O)O)cc4)c(F)c3)cc21. The largest absolute Gasteiger partial charge is 0.487 e. The number of anilines is 1. The van der Waals surface area contributed by atoms with Gasteiger partial charge in [-0.3, -0.25) is 4.79 Å². The lowest BCUT2D eigenvalue weighted by Gasteiger charge is -2.37. The Morgan fingerprint density at radius 1 is 1.16 bits per heavy atom. The van der Waals surface area contributed by atoms with Crippen molar-refractivity contribution in [3.8, 4) is 28.4 Å². The van der Waals surface area contributed by atoms with Crippen LogP contribution in [-0.4, -0.2) is 47.8 Å². The molecule has 11 heteroatoms. The fraction of sp³-hybridized carbons (Fsp3) is 0.324. The fourth-order valence-electron chi connectivity index (χ4n) is 5.85. The number of halogens is 1. The summed E-state index contributed by atoms with van der Waals surface area (Å²) >= 11 is 1.36. The first kappa shape index (κ1) is 30.7. The third kappa shape index (κ3) is 7.16. The molecule has 2 atom stereocenters. The first-order valence-electron chi connectivity index (χ1n) is 14.9. The number of hydrogen-bond acceptors (Lipinski definition) is 8. The van der Waals surface area contributed by atoms with Crippen molar-refractivity contribution in [1.29, 1.82) is 0 Å². The number of aromatic carboxylic acids is 1. The second-order valence-electron chi connectivity index (χ2n) is 11.5. The molecule has 0 spiro atoms. The molecule has 0 aliphatic carbocycles. The third-order valence-electron chi connectivity index (χ3n) is 8.18. The van der Waals surface area contributed by atoms with Gasteiger partial charge in [-0.05, 0) is 85.7 Å². The van der Waals surface area contributed by atoms with E-state index in [0.29, 0.717) is 47.5 Å². The van der Waals surface area contributed by atoms with Crippen LogP contribution in [0.1, 0.15) is 54.1 Å². The topological polar surface area (TPSA) is 119 Å². The monoisotopic (exact) mass is 631 g/mol. The van der Waals surface area contributed by atoms with Gasteiger partial charge in [0.25, 0.3) is 0 Å². The van der Waals surface area contributed by atoms with Crippen LogP contribution >= 0.6 is 11.3 Å². The molecule has 1 saturated heterocycles. The van der Waals surface area contributed by atoms with Crippen molar-refractivity contribution in [2.24, 2.45) is 0 Å². The molecule has 9 nitrogen and oxygen atoms in total. The van der Waals surface area contributed by atoms with Crippen LogP contribution < -0.4 is 20.1 Å². The Bertz CT molecular complexity index is 1670. The number of ether oxygens (including phenoxy) is 3. The van der Waals surface area contributed by atoms with Gasteiger partial charge in [0.1, 0.15) is 18.2 Å². The lowest BCUT2D eigenvalue weighted by molar-refractivity contribution is -0.117. The number of carboxylic acid groups (broad SMARTS) is 1. The normalized spacial score (nSPS) is 19.4. The second-order valence-corrected chi connectivity index (χ2v) is 12.3. The van der Waals surface area contributed by atoms with Crippen LogP contribution in [0, 0.1) is 5.82 Å². The molecule has 3 N–H and O–H groups in total. The molecule has 0 saturated carbocycles. The number of nitrogens with zero attached hydrogens (tertiary/aromatic N) is 1. The quantitative estimate of drug-likeness (QED) is 0.175. The molecule has 0 bridgehead atoms. The molecule has 3 aromatic carbocycles. The molecule has 234 valence electrons. The maximum absolute atomic E-state index is 15.4. The van der Waals surface area contributed by atoms with E-state index in [1.165, 1.54) is 29.5 Å². The summed E-state index contributed by atoms with van der Waals surface area (Å²) in [6.45, 7) is 3.73. The minimum absolute atomic E-state index is 0.0200. The number of carbonyl (C=O) groups excluding carboxylic acids is 1. The van der Waals surface area contributed by atoms with Crippen molar-refractivity contribution < 1.29 is 33.3 Å². The van der Waals surface area contributed by atoms with Gasteiger partial charge in [0, 0.05) is 48.3 Å². The maximum atomic E-state index is 15.4. The second kappa shape index (κ2) is 13.4. The number of thiazole rings is 1. The van der Waals surface area contributed by atoms with Crippen molar-refractivity contribution in [1.82, 2.24) is 10.3 Å². The summed E-state index contributed by atoms with van der Waals surface area (Å²) in [6.07, 6.45) is 5.56. The Balaban J connectivity index is 1.29. The number of nitrogens with one attached hydrogen (secondary N) is 2. The summed E-state index contributed by atoms with van der Waals surface area (Å²) in [5.41, 5.74) is 2.23. The van der Waals surface area contributed by atoms with Gasteiger partial charge in [0.2, 0.25) is 5.91 Å². The average molecular weight is 632 g/mol. The van der Waals surface area contributed by atoms with Crippen LogP contribution in [0.25, 0.3) is 11.1 Å². The number of carboxylic acids is 1. The van der Waals surface area contributed by atoms with Crippen LogP contribution in [0.3, 0.4) is 0 Å². The Morgan fingerprint density at radius 2 is 2.00 bits per heavy atom. The van der Waals surface area contributed by atoms with Gasteiger partial charge in [-0.1, -0.05) is 12.1 Å². The highest BCUT2D eigenvalue weighted by Crippen LogP contribution is 2.42. The number of aromatic nitrogens is 1. The van der Waals surface area contributed by atoms with Crippen LogP contribution in [0.2, 0.25) is 0 Å². The van der Waals surface area contributed by atoms with E-state index in [9.17, 15) is 14.7 Å². The Hall–Kier alpha value is -4.32. The van der Waals surface area contributed by atoms with Crippen molar-refractivity contribution in [3.63, 3.8) is 0 Å². The Labute approximate surface area is 264 Å². The van der Waals surface area contributed by atoms with Gasteiger partial charge in [0.15, 0.2) is 16.6 Å². The van der Waals surface area contributed by atoms with Gasteiger partial charge in [0.05, 0.1) is 11.7 Å². The van der Waals surface area contributed by atoms with Crippen molar-refractivity contribution >= 4 is 28.3 Å². The summed E-state index contributed by atoms with van der Waals surface area (Å²) in [7, 11) is 0. The Morgan fingerprint density at radius 3 is 2.71 bits per heavy atom. The van der Waals surface area contributed by atoms with E-state index in [-0.39, 0.29) is 29.7 Å². The molecule has 3 heterocycles. The van der Waals surface area contributed by atoms with E-state index in [2.05, 4.69) is 15.6 Å². The van der Waals surface area contributed by atoms with Crippen LogP contribution in [-0.2, 0) is 21.5 Å². The van der Waals surface area contributed by atoms with Gasteiger partial charge in [-0.15, -0.1) is 11.3 Å². The molecule has 4 aromatic rings. The molecule has 45 heavy (non-hydrogen) atoms. The van der Waals surface area contributed by atoms with E-state index in [1.807, 2.05) is 19.1 Å². The van der Waals surface area contributed by atoms with Gasteiger partial charge >= 0.3 is 5.97 Å². The predicted molar refractivity (Wildman–Crippen MR) is 169 cm³/mol. The first-order valence-corrected chi connectivity index (χ1v) is 15.8. The highest BCUT2D eigenvalue weighted by atomic mass is 32.1. The molecule has 2 aliphatic heterocycles. The number of amides is 1. The lowest BCUT2D eigenvalue weighted by Crippen LogP contribution is -2.47. The maximum Gasteiger partial charge on any atom is 0.335 e. The zero-order valence-electron chi connectivity index (χ0n) is 24.8. The Kier molecular flexibility index (Phi) is 9.11. The van der Waals surface area contributed by atoms with Crippen molar-refractivity contribution in [2.45, 2.75) is 50.7 Å².